The van der Waals surface area contributed by atoms with Crippen LogP contribution in [0.5, 0.6) is 0 Å². The summed E-state index contributed by atoms with van der Waals surface area (Å²) in [7, 11) is 1.18. The normalized spacial score (nSPS) is 13.2. The Morgan fingerprint density at radius 2 is 0.587 bits per heavy atom. The second-order valence-electron chi connectivity index (χ2n) is 29.1. The third-order valence-electron chi connectivity index (χ3n) is 18.7. The number of likely N-dealkylation sites (N-methyl/N-ethyl adjacent to an activating group) is 1. The number of carbonyl (C=O) groups excluding carboxylic acids is 2. The predicted molar refractivity (Wildman–Crippen MR) is 398 cm³/mol. The number of nitrogens with zero attached hydrogens (tertiary/aromatic N) is 1. The number of phosphoric ester groups is 1. The van der Waals surface area contributed by atoms with Crippen molar-refractivity contribution in [2.24, 2.45) is 0 Å². The van der Waals surface area contributed by atoms with E-state index in [1.165, 1.54) is 340 Å². The van der Waals surface area contributed by atoms with Gasteiger partial charge in [0.1, 0.15) is 19.8 Å². The summed E-state index contributed by atoms with van der Waals surface area (Å²) in [5.74, 6) is -0.813. The van der Waals surface area contributed by atoms with Crippen molar-refractivity contribution in [2.45, 2.75) is 431 Å². The third kappa shape index (κ3) is 77.2. The summed E-state index contributed by atoms with van der Waals surface area (Å²) < 4.78 is 34.4. The third-order valence-corrected chi connectivity index (χ3v) is 19.6. The number of hydrogen-bond donors (Lipinski definition) is 0. The number of phosphoric acid groups is 1. The number of unbranched alkanes of at least 4 members (excludes halogenated alkanes) is 57. The number of allylic oxidation sites excluding steroid dienone is 6. The number of esters is 2. The molecule has 0 amide bonds. The van der Waals surface area contributed by atoms with Gasteiger partial charge in [0.15, 0.2) is 6.10 Å². The van der Waals surface area contributed by atoms with E-state index in [-0.39, 0.29) is 32.0 Å². The van der Waals surface area contributed by atoms with E-state index in [0.29, 0.717) is 17.4 Å². The molecule has 0 aliphatic carbocycles. The highest BCUT2D eigenvalue weighted by Crippen LogP contribution is 2.38. The summed E-state index contributed by atoms with van der Waals surface area (Å²) in [5.41, 5.74) is 0. The van der Waals surface area contributed by atoms with Crippen molar-refractivity contribution < 1.29 is 42.1 Å². The van der Waals surface area contributed by atoms with Crippen LogP contribution in [-0.4, -0.2) is 70.0 Å². The van der Waals surface area contributed by atoms with E-state index in [4.69, 9.17) is 18.5 Å². The van der Waals surface area contributed by atoms with Crippen LogP contribution in [0.2, 0.25) is 0 Å². The minimum atomic E-state index is -4.64. The van der Waals surface area contributed by atoms with Crippen molar-refractivity contribution in [3.8, 4) is 0 Å². The Kier molecular flexibility index (Phi) is 72.1. The summed E-state index contributed by atoms with van der Waals surface area (Å²) >= 11 is 0. The molecule has 10 heteroatoms. The first-order valence-corrected chi connectivity index (χ1v) is 42.2. The molecule has 0 aliphatic heterocycles. The largest absolute Gasteiger partial charge is 0.756 e. The molecule has 0 heterocycles. The molecule has 0 radical (unpaired) electrons. The highest BCUT2D eigenvalue weighted by molar-refractivity contribution is 7.45. The fourth-order valence-corrected chi connectivity index (χ4v) is 13.2. The number of quaternary nitrogens is 1. The van der Waals surface area contributed by atoms with Crippen LogP contribution in [-0.2, 0) is 32.7 Å². The highest BCUT2D eigenvalue weighted by Gasteiger charge is 2.22. The molecule has 9 nitrogen and oxygen atoms in total. The van der Waals surface area contributed by atoms with E-state index in [1.807, 2.05) is 21.1 Å². The smallest absolute Gasteiger partial charge is 0.306 e. The van der Waals surface area contributed by atoms with E-state index in [2.05, 4.69) is 50.3 Å². The second kappa shape index (κ2) is 73.5. The zero-order valence-electron chi connectivity index (χ0n) is 62.3. The summed E-state index contributed by atoms with van der Waals surface area (Å²) in [5, 5.41) is 0. The van der Waals surface area contributed by atoms with Gasteiger partial charge < -0.3 is 27.9 Å². The zero-order valence-corrected chi connectivity index (χ0v) is 63.2. The molecule has 2 atom stereocenters. The van der Waals surface area contributed by atoms with Gasteiger partial charge in [0.25, 0.3) is 7.82 Å². The van der Waals surface area contributed by atoms with E-state index in [9.17, 15) is 19.0 Å². The Balaban J connectivity index is 3.86. The van der Waals surface area contributed by atoms with Gasteiger partial charge in [-0.05, 0) is 51.4 Å². The highest BCUT2D eigenvalue weighted by atomic mass is 31.2. The zero-order chi connectivity index (χ0) is 66.9. The van der Waals surface area contributed by atoms with Crippen LogP contribution in [0.4, 0.5) is 0 Å². The first-order valence-electron chi connectivity index (χ1n) is 40.7. The van der Waals surface area contributed by atoms with Crippen molar-refractivity contribution in [1.29, 1.82) is 0 Å². The lowest BCUT2D eigenvalue weighted by atomic mass is 10.0. The van der Waals surface area contributed by atoms with Crippen LogP contribution in [0, 0.1) is 0 Å². The first-order chi connectivity index (χ1) is 45.0. The minimum absolute atomic E-state index is 0.0290. The molecule has 0 aliphatic rings. The molecule has 2 unspecified atom stereocenters. The topological polar surface area (TPSA) is 111 Å². The van der Waals surface area contributed by atoms with E-state index < -0.39 is 26.5 Å². The molecule has 0 aromatic carbocycles. The SMILES string of the molecule is CCCCCCC/C=C\C/C=C\C/C=C\CCCCCCCCCCCCCCC(=O)OC(COC(=O)CCCCCCCCCCCCCCCCCCCCCCCCCCCCCCCCCCCCCCCCCCC)COP(=O)([O-])OCC[N+](C)(C)C. The molecule has 0 fully saturated rings. The van der Waals surface area contributed by atoms with Gasteiger partial charge in [0.05, 0.1) is 27.7 Å². The van der Waals surface area contributed by atoms with Gasteiger partial charge in [-0.3, -0.25) is 14.2 Å². The summed E-state index contributed by atoms with van der Waals surface area (Å²) in [6, 6.07) is 0. The fourth-order valence-electron chi connectivity index (χ4n) is 12.4. The van der Waals surface area contributed by atoms with Crippen molar-refractivity contribution in [3.63, 3.8) is 0 Å². The van der Waals surface area contributed by atoms with Crippen molar-refractivity contribution in [3.05, 3.63) is 36.5 Å². The quantitative estimate of drug-likeness (QED) is 0.0195. The molecule has 544 valence electrons. The second-order valence-corrected chi connectivity index (χ2v) is 30.6. The molecule has 0 rings (SSSR count). The molecular weight excluding hydrogens is 1160 g/mol. The monoisotopic (exact) mass is 1320 g/mol. The average Bonchev–Trinajstić information content (AvgIpc) is 2.14. The number of ether oxygens (including phenoxy) is 2. The number of rotatable bonds is 77. The molecule has 0 bridgehead atoms. The van der Waals surface area contributed by atoms with E-state index in [1.54, 1.807) is 0 Å². The van der Waals surface area contributed by atoms with Crippen molar-refractivity contribution in [2.75, 3.05) is 47.5 Å². The van der Waals surface area contributed by atoms with Crippen LogP contribution in [0.15, 0.2) is 36.5 Å². The molecule has 0 saturated heterocycles. The molecule has 0 N–H and O–H groups in total. The maximum atomic E-state index is 12.9. The maximum absolute atomic E-state index is 12.9. The summed E-state index contributed by atoms with van der Waals surface area (Å²) in [6.07, 6.45) is 95.7. The Morgan fingerprint density at radius 1 is 0.337 bits per heavy atom. The summed E-state index contributed by atoms with van der Waals surface area (Å²) in [6.45, 7) is 4.30. The first kappa shape index (κ1) is 90.2. The van der Waals surface area contributed by atoms with Gasteiger partial charge in [0.2, 0.25) is 0 Å². The standard InChI is InChI=1S/C82H158NO8P/c1-6-8-10-12-14-16-18-20-22-24-26-28-30-32-34-35-36-37-38-39-40-41-42-43-44-45-46-47-49-50-52-54-56-58-60-62-64-66-68-70-72-74-81(84)88-78-80(79-90-92(86,87)89-77-76-83(3,4)5)91-82(85)75-73-71-69-67-65-63-61-59-57-55-53-51-48-33-31-29-27-25-23-21-19-17-15-13-11-9-7-2/h19,21,25,27,31,33,80H,6-18,20,22-24,26,28-30,32,34-79H2,1-5H3/b21-19-,27-25-,33-31-. The number of hydrogen-bond acceptors (Lipinski definition) is 8. The van der Waals surface area contributed by atoms with E-state index >= 15 is 0 Å². The van der Waals surface area contributed by atoms with Gasteiger partial charge in [-0.2, -0.15) is 0 Å². The van der Waals surface area contributed by atoms with Gasteiger partial charge in [0, 0.05) is 12.8 Å². The van der Waals surface area contributed by atoms with Gasteiger partial charge in [-0.15, -0.1) is 0 Å². The minimum Gasteiger partial charge on any atom is -0.756 e. The average molecular weight is 1320 g/mol. The molecule has 92 heavy (non-hydrogen) atoms. The molecular formula is C82H158NO8P. The Labute approximate surface area is 573 Å². The van der Waals surface area contributed by atoms with Crippen LogP contribution >= 0.6 is 7.82 Å². The Bertz CT molecular complexity index is 1640. The van der Waals surface area contributed by atoms with Crippen molar-refractivity contribution >= 4 is 19.8 Å². The molecule has 0 aromatic heterocycles. The number of carbonyl (C=O) groups is 2. The van der Waals surface area contributed by atoms with Gasteiger partial charge >= 0.3 is 11.9 Å². The summed E-state index contributed by atoms with van der Waals surface area (Å²) in [4.78, 5) is 38.2. The van der Waals surface area contributed by atoms with Gasteiger partial charge in [-0.25, -0.2) is 0 Å². The lowest BCUT2D eigenvalue weighted by Gasteiger charge is -2.28. The van der Waals surface area contributed by atoms with Crippen molar-refractivity contribution in [1.82, 2.24) is 0 Å². The maximum Gasteiger partial charge on any atom is 0.306 e. The van der Waals surface area contributed by atoms with Crippen LogP contribution < -0.4 is 4.89 Å². The lowest BCUT2D eigenvalue weighted by Crippen LogP contribution is -2.37. The molecule has 0 saturated carbocycles. The lowest BCUT2D eigenvalue weighted by molar-refractivity contribution is -0.870. The molecule has 0 aromatic rings. The Hall–Kier alpha value is -1.77. The predicted octanol–water partition coefficient (Wildman–Crippen LogP) is 26.3. The fraction of sp³-hybridized carbons (Fsp3) is 0.902. The van der Waals surface area contributed by atoms with Crippen LogP contribution in [0.25, 0.3) is 0 Å². The molecule has 0 spiro atoms. The van der Waals surface area contributed by atoms with Crippen LogP contribution in [0.1, 0.15) is 425 Å². The van der Waals surface area contributed by atoms with Crippen LogP contribution in [0.3, 0.4) is 0 Å². The Morgan fingerprint density at radius 3 is 0.870 bits per heavy atom. The van der Waals surface area contributed by atoms with Gasteiger partial charge in [-0.1, -0.05) is 397 Å². The van der Waals surface area contributed by atoms with E-state index in [0.717, 1.165) is 51.4 Å².